The van der Waals surface area contributed by atoms with Crippen LogP contribution < -0.4 is 19.6 Å². The summed E-state index contributed by atoms with van der Waals surface area (Å²) < 4.78 is 13.0. The Morgan fingerprint density at radius 1 is 1.00 bits per heavy atom. The molecule has 0 bridgehead atoms. The first-order chi connectivity index (χ1) is 17.6. The summed E-state index contributed by atoms with van der Waals surface area (Å²) >= 11 is 1.29. The first-order valence-corrected chi connectivity index (χ1v) is 12.4. The summed E-state index contributed by atoms with van der Waals surface area (Å²) in [5.41, 5.74) is 2.98. The van der Waals surface area contributed by atoms with Crippen LogP contribution in [0.25, 0.3) is 11.8 Å². The molecule has 0 saturated carbocycles. The number of carbonyl (C=O) groups is 1. The van der Waals surface area contributed by atoms with Crippen LogP contribution >= 0.6 is 11.3 Å². The first kappa shape index (κ1) is 23.5. The van der Waals surface area contributed by atoms with Crippen LogP contribution in [-0.2, 0) is 9.53 Å². The molecule has 3 aromatic carbocycles. The van der Waals surface area contributed by atoms with Crippen molar-refractivity contribution < 1.29 is 14.3 Å². The minimum absolute atomic E-state index is 0.212. The number of methoxy groups -OCH3 is 1. The van der Waals surface area contributed by atoms with E-state index < -0.39 is 12.0 Å². The number of fused-ring (bicyclic) bond motifs is 1. The Balaban J connectivity index is 1.83. The molecule has 0 aliphatic carbocycles. The number of nitrogens with zero attached hydrogens (tertiary/aromatic N) is 2. The Morgan fingerprint density at radius 2 is 1.67 bits per heavy atom. The number of hydrogen-bond donors (Lipinski definition) is 0. The summed E-state index contributed by atoms with van der Waals surface area (Å²) in [6, 6.07) is 25.9. The van der Waals surface area contributed by atoms with Crippen molar-refractivity contribution in [2.24, 2.45) is 4.99 Å². The molecule has 0 amide bonds. The maximum Gasteiger partial charge on any atom is 0.338 e. The Bertz CT molecular complexity index is 1620. The van der Waals surface area contributed by atoms with Crippen molar-refractivity contribution in [1.82, 2.24) is 4.57 Å². The quantitative estimate of drug-likeness (QED) is 0.379. The molecule has 5 rings (SSSR count). The molecule has 1 aliphatic heterocycles. The molecule has 0 unspecified atom stereocenters. The molecule has 180 valence electrons. The van der Waals surface area contributed by atoms with Crippen molar-refractivity contribution in [3.63, 3.8) is 0 Å². The van der Waals surface area contributed by atoms with E-state index in [1.54, 1.807) is 24.7 Å². The van der Waals surface area contributed by atoms with Gasteiger partial charge >= 0.3 is 5.97 Å². The predicted molar refractivity (Wildman–Crippen MR) is 140 cm³/mol. The van der Waals surface area contributed by atoms with E-state index in [1.807, 2.05) is 84.9 Å². The fourth-order valence-corrected chi connectivity index (χ4v) is 5.31. The summed E-state index contributed by atoms with van der Waals surface area (Å²) in [5, 5.41) is 0. The molecule has 36 heavy (non-hydrogen) atoms. The fourth-order valence-electron chi connectivity index (χ4n) is 4.32. The summed E-state index contributed by atoms with van der Waals surface area (Å²) in [4.78, 5) is 32.6. The number of carbonyl (C=O) groups excluding carboxylic acids is 1. The van der Waals surface area contributed by atoms with Gasteiger partial charge in [-0.2, -0.15) is 0 Å². The number of para-hydroxylation sites is 1. The zero-order valence-corrected chi connectivity index (χ0v) is 20.7. The van der Waals surface area contributed by atoms with Crippen LogP contribution in [0.4, 0.5) is 0 Å². The normalized spacial score (nSPS) is 15.3. The van der Waals surface area contributed by atoms with Crippen LogP contribution in [0, 0.1) is 0 Å². The van der Waals surface area contributed by atoms with Crippen LogP contribution in [-0.4, -0.2) is 24.3 Å². The van der Waals surface area contributed by atoms with E-state index in [0.717, 1.165) is 16.7 Å². The van der Waals surface area contributed by atoms with E-state index in [1.165, 1.54) is 11.3 Å². The second kappa shape index (κ2) is 10.2. The summed E-state index contributed by atoms with van der Waals surface area (Å²) in [5.74, 6) is 0.174. The van der Waals surface area contributed by atoms with Gasteiger partial charge in [0.15, 0.2) is 4.80 Å². The zero-order chi connectivity index (χ0) is 25.1. The minimum atomic E-state index is -0.684. The Labute approximate surface area is 212 Å². The lowest BCUT2D eigenvalue weighted by Gasteiger charge is -2.25. The Morgan fingerprint density at radius 3 is 2.36 bits per heavy atom. The van der Waals surface area contributed by atoms with Crippen molar-refractivity contribution in [2.45, 2.75) is 13.0 Å². The Hall–Kier alpha value is -4.23. The van der Waals surface area contributed by atoms with Gasteiger partial charge < -0.3 is 9.47 Å². The average molecular weight is 497 g/mol. The third-order valence-electron chi connectivity index (χ3n) is 5.91. The standard InChI is InChI=1S/C29H24N2O4S/c1-3-35-28(33)24-25(19-12-6-4-7-13-19)30-29-31(26(24)20-14-8-5-9-15-20)27(32)23(36-29)18-21-16-10-11-17-22(21)34-2/h4-18,26H,3H2,1-2H3/b23-18+/t26-/m1/s1. The topological polar surface area (TPSA) is 69.9 Å². The molecular formula is C29H24N2O4S. The van der Waals surface area contributed by atoms with Crippen LogP contribution in [0.1, 0.15) is 29.7 Å². The van der Waals surface area contributed by atoms with E-state index in [0.29, 0.717) is 26.4 Å². The van der Waals surface area contributed by atoms with E-state index in [4.69, 9.17) is 14.5 Å². The SMILES string of the molecule is CCOC(=O)C1=C(c2ccccc2)N=c2s/c(=C/c3ccccc3OC)c(=O)n2[C@@H]1c1ccccc1. The summed E-state index contributed by atoms with van der Waals surface area (Å²) in [7, 11) is 1.60. The van der Waals surface area contributed by atoms with Gasteiger partial charge in [-0.05, 0) is 24.6 Å². The van der Waals surface area contributed by atoms with Crippen LogP contribution in [0.5, 0.6) is 5.75 Å². The molecule has 1 aromatic heterocycles. The van der Waals surface area contributed by atoms with Crippen molar-refractivity contribution in [3.05, 3.63) is 127 Å². The molecule has 1 atom stereocenters. The number of rotatable bonds is 6. The van der Waals surface area contributed by atoms with Crippen LogP contribution in [0.15, 0.2) is 100 Å². The van der Waals surface area contributed by atoms with Gasteiger partial charge in [0.2, 0.25) is 0 Å². The van der Waals surface area contributed by atoms with Crippen molar-refractivity contribution in [3.8, 4) is 5.75 Å². The van der Waals surface area contributed by atoms with Crippen molar-refractivity contribution in [1.29, 1.82) is 0 Å². The number of aromatic nitrogens is 1. The maximum atomic E-state index is 13.8. The van der Waals surface area contributed by atoms with Gasteiger partial charge in [-0.1, -0.05) is 90.2 Å². The number of thiazole rings is 1. The maximum absolute atomic E-state index is 13.8. The highest BCUT2D eigenvalue weighted by Gasteiger charge is 2.35. The summed E-state index contributed by atoms with van der Waals surface area (Å²) in [6.07, 6.45) is 1.81. The van der Waals surface area contributed by atoms with Gasteiger partial charge in [-0.15, -0.1) is 0 Å². The smallest absolute Gasteiger partial charge is 0.338 e. The van der Waals surface area contributed by atoms with E-state index >= 15 is 0 Å². The van der Waals surface area contributed by atoms with E-state index in [-0.39, 0.29) is 12.2 Å². The number of esters is 1. The second-order valence-corrected chi connectivity index (χ2v) is 9.09. The van der Waals surface area contributed by atoms with Crippen molar-refractivity contribution in [2.75, 3.05) is 13.7 Å². The largest absolute Gasteiger partial charge is 0.496 e. The van der Waals surface area contributed by atoms with Crippen LogP contribution in [0.2, 0.25) is 0 Å². The highest BCUT2D eigenvalue weighted by atomic mass is 32.1. The highest BCUT2D eigenvalue weighted by molar-refractivity contribution is 7.07. The summed E-state index contributed by atoms with van der Waals surface area (Å²) in [6.45, 7) is 1.98. The molecule has 0 radical (unpaired) electrons. The fraction of sp³-hybridized carbons (Fsp3) is 0.138. The molecule has 0 spiro atoms. The molecule has 2 heterocycles. The monoisotopic (exact) mass is 496 g/mol. The predicted octanol–water partition coefficient (Wildman–Crippen LogP) is 3.94. The third-order valence-corrected chi connectivity index (χ3v) is 6.90. The molecule has 1 aliphatic rings. The third kappa shape index (κ3) is 4.29. The van der Waals surface area contributed by atoms with E-state index in [9.17, 15) is 9.59 Å². The van der Waals surface area contributed by atoms with Crippen molar-refractivity contribution >= 4 is 29.1 Å². The van der Waals surface area contributed by atoms with Gasteiger partial charge in [-0.3, -0.25) is 9.36 Å². The van der Waals surface area contributed by atoms with E-state index in [2.05, 4.69) is 0 Å². The lowest BCUT2D eigenvalue weighted by Crippen LogP contribution is -2.40. The molecular weight excluding hydrogens is 472 g/mol. The van der Waals surface area contributed by atoms with Gasteiger partial charge in [0.1, 0.15) is 5.75 Å². The highest BCUT2D eigenvalue weighted by Crippen LogP contribution is 2.35. The molecule has 0 saturated heterocycles. The Kier molecular flexibility index (Phi) is 6.64. The zero-order valence-electron chi connectivity index (χ0n) is 19.9. The molecule has 0 fully saturated rings. The molecule has 6 nitrogen and oxygen atoms in total. The first-order valence-electron chi connectivity index (χ1n) is 11.6. The molecule has 0 N–H and O–H groups in total. The number of benzene rings is 3. The number of hydrogen-bond acceptors (Lipinski definition) is 6. The van der Waals surface area contributed by atoms with Gasteiger partial charge in [-0.25, -0.2) is 9.79 Å². The average Bonchev–Trinajstić information content (AvgIpc) is 3.23. The lowest BCUT2D eigenvalue weighted by molar-refractivity contribution is -0.138. The number of ether oxygens (including phenoxy) is 2. The van der Waals surface area contributed by atoms with Gasteiger partial charge in [0.05, 0.1) is 35.6 Å². The minimum Gasteiger partial charge on any atom is -0.496 e. The van der Waals surface area contributed by atoms with Gasteiger partial charge in [0, 0.05) is 11.1 Å². The molecule has 7 heteroatoms. The van der Waals surface area contributed by atoms with Crippen LogP contribution in [0.3, 0.4) is 0 Å². The van der Waals surface area contributed by atoms with Gasteiger partial charge in [0.25, 0.3) is 5.56 Å². The lowest BCUT2D eigenvalue weighted by atomic mass is 9.93. The molecule has 4 aromatic rings. The second-order valence-electron chi connectivity index (χ2n) is 8.08.